The second-order valence-electron chi connectivity index (χ2n) is 6.05. The van der Waals surface area contributed by atoms with Gasteiger partial charge in [-0.15, -0.1) is 0 Å². The van der Waals surface area contributed by atoms with E-state index in [1.807, 2.05) is 44.1 Å². The standard InChI is InChI=1S/C17H21N7/c1-13-10-16(22(2)3)21-17(20-13)24-8-6-23(7-9-24)15-5-4-14(11-18)12-19-15/h4-5,10,12H,6-9H2,1-3H3. The van der Waals surface area contributed by atoms with Crippen molar-refractivity contribution in [3.05, 3.63) is 35.7 Å². The molecule has 0 N–H and O–H groups in total. The van der Waals surface area contributed by atoms with Gasteiger partial charge in [0.2, 0.25) is 5.95 Å². The van der Waals surface area contributed by atoms with Crippen LogP contribution in [0.2, 0.25) is 0 Å². The maximum absolute atomic E-state index is 8.86. The Kier molecular flexibility index (Phi) is 4.47. The molecular weight excluding hydrogens is 302 g/mol. The summed E-state index contributed by atoms with van der Waals surface area (Å²) in [5, 5.41) is 8.86. The Balaban J connectivity index is 1.69. The van der Waals surface area contributed by atoms with Crippen LogP contribution in [-0.2, 0) is 0 Å². The van der Waals surface area contributed by atoms with Crippen LogP contribution in [0.25, 0.3) is 0 Å². The number of rotatable bonds is 3. The molecular formula is C17H21N7. The molecule has 0 amide bonds. The van der Waals surface area contributed by atoms with Crippen molar-refractivity contribution in [2.75, 3.05) is 55.0 Å². The van der Waals surface area contributed by atoms with Gasteiger partial charge in [-0.3, -0.25) is 0 Å². The lowest BCUT2D eigenvalue weighted by molar-refractivity contribution is 0.633. The van der Waals surface area contributed by atoms with Crippen molar-refractivity contribution in [3.8, 4) is 6.07 Å². The lowest BCUT2D eigenvalue weighted by Gasteiger charge is -2.35. The molecule has 7 nitrogen and oxygen atoms in total. The van der Waals surface area contributed by atoms with E-state index in [1.165, 1.54) is 0 Å². The van der Waals surface area contributed by atoms with Gasteiger partial charge >= 0.3 is 0 Å². The Hall–Kier alpha value is -2.88. The Morgan fingerprint density at radius 1 is 1.08 bits per heavy atom. The molecule has 3 rings (SSSR count). The number of nitrogens with zero attached hydrogens (tertiary/aromatic N) is 7. The maximum Gasteiger partial charge on any atom is 0.227 e. The van der Waals surface area contributed by atoms with Crippen LogP contribution in [0, 0.1) is 18.3 Å². The molecule has 2 aromatic heterocycles. The van der Waals surface area contributed by atoms with Crippen molar-refractivity contribution in [2.45, 2.75) is 6.92 Å². The van der Waals surface area contributed by atoms with Gasteiger partial charge in [0.25, 0.3) is 0 Å². The molecule has 0 aliphatic carbocycles. The molecule has 124 valence electrons. The van der Waals surface area contributed by atoms with Crippen LogP contribution >= 0.6 is 0 Å². The second kappa shape index (κ2) is 6.71. The molecule has 1 aliphatic heterocycles. The Bertz CT molecular complexity index is 741. The summed E-state index contributed by atoms with van der Waals surface area (Å²) in [4.78, 5) is 20.0. The predicted octanol–water partition coefficient (Wildman–Crippen LogP) is 1.44. The average Bonchev–Trinajstić information content (AvgIpc) is 2.61. The highest BCUT2D eigenvalue weighted by Gasteiger charge is 2.20. The molecule has 1 aliphatic rings. The number of pyridine rings is 1. The normalized spacial score (nSPS) is 14.4. The SMILES string of the molecule is Cc1cc(N(C)C)nc(N2CCN(c3ccc(C#N)cn3)CC2)n1. The minimum Gasteiger partial charge on any atom is -0.363 e. The predicted molar refractivity (Wildman–Crippen MR) is 94.5 cm³/mol. The fourth-order valence-corrected chi connectivity index (χ4v) is 2.68. The molecule has 1 fully saturated rings. The van der Waals surface area contributed by atoms with E-state index in [9.17, 15) is 0 Å². The summed E-state index contributed by atoms with van der Waals surface area (Å²) in [6.07, 6.45) is 1.62. The van der Waals surface area contributed by atoms with Crippen molar-refractivity contribution in [1.29, 1.82) is 5.26 Å². The fraction of sp³-hybridized carbons (Fsp3) is 0.412. The third-order valence-corrected chi connectivity index (χ3v) is 4.05. The molecule has 0 aromatic carbocycles. The number of aromatic nitrogens is 3. The second-order valence-corrected chi connectivity index (χ2v) is 6.05. The van der Waals surface area contributed by atoms with E-state index in [2.05, 4.69) is 30.8 Å². The topological polar surface area (TPSA) is 72.2 Å². The van der Waals surface area contributed by atoms with Gasteiger partial charge in [-0.05, 0) is 19.1 Å². The molecule has 0 spiro atoms. The molecule has 0 radical (unpaired) electrons. The highest BCUT2D eigenvalue weighted by molar-refractivity contribution is 5.47. The zero-order valence-corrected chi connectivity index (χ0v) is 14.3. The summed E-state index contributed by atoms with van der Waals surface area (Å²) < 4.78 is 0. The van der Waals surface area contributed by atoms with Gasteiger partial charge < -0.3 is 14.7 Å². The maximum atomic E-state index is 8.86. The van der Waals surface area contributed by atoms with E-state index in [0.717, 1.165) is 49.5 Å². The number of hydrogen-bond acceptors (Lipinski definition) is 7. The van der Waals surface area contributed by atoms with Gasteiger partial charge in [-0.2, -0.15) is 10.2 Å². The molecule has 0 bridgehead atoms. The molecule has 0 saturated carbocycles. The van der Waals surface area contributed by atoms with Crippen LogP contribution in [0.15, 0.2) is 24.4 Å². The summed E-state index contributed by atoms with van der Waals surface area (Å²) in [5.41, 5.74) is 1.56. The van der Waals surface area contributed by atoms with Crippen LogP contribution in [0.3, 0.4) is 0 Å². The van der Waals surface area contributed by atoms with Crippen LogP contribution < -0.4 is 14.7 Å². The van der Waals surface area contributed by atoms with E-state index in [1.54, 1.807) is 6.20 Å². The number of piperazine rings is 1. The lowest BCUT2D eigenvalue weighted by atomic mass is 10.2. The van der Waals surface area contributed by atoms with Gasteiger partial charge in [0, 0.05) is 58.2 Å². The molecule has 24 heavy (non-hydrogen) atoms. The first-order valence-corrected chi connectivity index (χ1v) is 7.96. The lowest BCUT2D eigenvalue weighted by Crippen LogP contribution is -2.47. The minimum atomic E-state index is 0.585. The van der Waals surface area contributed by atoms with Crippen molar-refractivity contribution in [1.82, 2.24) is 15.0 Å². The molecule has 2 aromatic rings. The molecule has 0 unspecified atom stereocenters. The first-order chi connectivity index (χ1) is 11.6. The number of nitriles is 1. The Morgan fingerprint density at radius 2 is 1.79 bits per heavy atom. The third kappa shape index (κ3) is 3.38. The van der Waals surface area contributed by atoms with Crippen molar-refractivity contribution in [2.24, 2.45) is 0 Å². The quantitative estimate of drug-likeness (QED) is 0.846. The zero-order chi connectivity index (χ0) is 17.1. The number of hydrogen-bond donors (Lipinski definition) is 0. The number of aryl methyl sites for hydroxylation is 1. The van der Waals surface area contributed by atoms with Crippen LogP contribution in [0.5, 0.6) is 0 Å². The Morgan fingerprint density at radius 3 is 2.38 bits per heavy atom. The van der Waals surface area contributed by atoms with E-state index in [-0.39, 0.29) is 0 Å². The third-order valence-electron chi connectivity index (χ3n) is 4.05. The van der Waals surface area contributed by atoms with Crippen molar-refractivity contribution < 1.29 is 0 Å². The first kappa shape index (κ1) is 16.0. The summed E-state index contributed by atoms with van der Waals surface area (Å²) in [7, 11) is 3.97. The van der Waals surface area contributed by atoms with E-state index in [4.69, 9.17) is 5.26 Å². The highest BCUT2D eigenvalue weighted by Crippen LogP contribution is 2.19. The zero-order valence-electron chi connectivity index (χ0n) is 14.3. The summed E-state index contributed by atoms with van der Waals surface area (Å²) in [5.74, 6) is 2.62. The van der Waals surface area contributed by atoms with Crippen LogP contribution in [0.1, 0.15) is 11.3 Å². The van der Waals surface area contributed by atoms with Gasteiger partial charge in [0.15, 0.2) is 0 Å². The van der Waals surface area contributed by atoms with Crippen molar-refractivity contribution >= 4 is 17.6 Å². The average molecular weight is 323 g/mol. The highest BCUT2D eigenvalue weighted by atomic mass is 15.3. The fourth-order valence-electron chi connectivity index (χ4n) is 2.68. The first-order valence-electron chi connectivity index (χ1n) is 7.96. The molecule has 7 heteroatoms. The van der Waals surface area contributed by atoms with E-state index in [0.29, 0.717) is 5.56 Å². The summed E-state index contributed by atoms with van der Waals surface area (Å²) >= 11 is 0. The molecule has 1 saturated heterocycles. The summed E-state index contributed by atoms with van der Waals surface area (Å²) in [6.45, 7) is 5.39. The van der Waals surface area contributed by atoms with Crippen LogP contribution in [-0.4, -0.2) is 55.2 Å². The molecule has 0 atom stereocenters. The molecule has 3 heterocycles. The van der Waals surface area contributed by atoms with E-state index >= 15 is 0 Å². The smallest absolute Gasteiger partial charge is 0.227 e. The summed E-state index contributed by atoms with van der Waals surface area (Å²) in [6, 6.07) is 7.79. The largest absolute Gasteiger partial charge is 0.363 e. The Labute approximate surface area is 142 Å². The van der Waals surface area contributed by atoms with Gasteiger partial charge in [-0.1, -0.05) is 0 Å². The van der Waals surface area contributed by atoms with Gasteiger partial charge in [0.1, 0.15) is 17.7 Å². The van der Waals surface area contributed by atoms with Crippen molar-refractivity contribution in [3.63, 3.8) is 0 Å². The van der Waals surface area contributed by atoms with Gasteiger partial charge in [-0.25, -0.2) is 9.97 Å². The monoisotopic (exact) mass is 323 g/mol. The van der Waals surface area contributed by atoms with Crippen LogP contribution in [0.4, 0.5) is 17.6 Å². The number of anilines is 3. The minimum absolute atomic E-state index is 0.585. The van der Waals surface area contributed by atoms with E-state index < -0.39 is 0 Å². The van der Waals surface area contributed by atoms with Gasteiger partial charge in [0.05, 0.1) is 5.56 Å².